The van der Waals surface area contributed by atoms with Crippen LogP contribution in [0, 0.1) is 5.92 Å². The van der Waals surface area contributed by atoms with E-state index in [9.17, 15) is 13.2 Å². The molecular formula is C23H28ClN3O3S. The van der Waals surface area contributed by atoms with E-state index in [2.05, 4.69) is 5.32 Å². The molecule has 1 N–H and O–H groups in total. The average molecular weight is 462 g/mol. The summed E-state index contributed by atoms with van der Waals surface area (Å²) in [6.07, 6.45) is 4.04. The maximum Gasteiger partial charge on any atom is 0.243 e. The molecule has 4 rings (SSSR count). The molecule has 0 spiro atoms. The second kappa shape index (κ2) is 8.81. The van der Waals surface area contributed by atoms with Gasteiger partial charge in [-0.3, -0.25) is 4.79 Å². The van der Waals surface area contributed by atoms with E-state index in [1.165, 1.54) is 9.87 Å². The first-order valence-corrected chi connectivity index (χ1v) is 12.5. The molecule has 0 aromatic heterocycles. The van der Waals surface area contributed by atoms with Crippen molar-refractivity contribution in [1.29, 1.82) is 0 Å². The number of aryl methyl sites for hydroxylation is 2. The summed E-state index contributed by atoms with van der Waals surface area (Å²) in [5.41, 5.74) is 3.94. The summed E-state index contributed by atoms with van der Waals surface area (Å²) in [4.78, 5) is 15.1. The van der Waals surface area contributed by atoms with Gasteiger partial charge in [-0.05, 0) is 73.6 Å². The van der Waals surface area contributed by atoms with Crippen molar-refractivity contribution in [2.75, 3.05) is 37.4 Å². The summed E-state index contributed by atoms with van der Waals surface area (Å²) < 4.78 is 27.7. The van der Waals surface area contributed by atoms with Crippen molar-refractivity contribution in [2.24, 2.45) is 5.92 Å². The number of fused-ring (bicyclic) bond motifs is 1. The highest BCUT2D eigenvalue weighted by Gasteiger charge is 2.33. The highest BCUT2D eigenvalue weighted by Crippen LogP contribution is 2.31. The number of rotatable bonds is 5. The predicted octanol–water partition coefficient (Wildman–Crippen LogP) is 3.93. The SMILES string of the molecule is CN(C)c1ccc(Cl)cc1NC(=O)C1CCN(S(=O)(=O)c2ccc3c(c2)CCC3)CC1. The molecule has 0 radical (unpaired) electrons. The van der Waals surface area contributed by atoms with Crippen LogP contribution in [0.5, 0.6) is 0 Å². The lowest BCUT2D eigenvalue weighted by Crippen LogP contribution is -2.41. The van der Waals surface area contributed by atoms with Crippen LogP contribution in [0.3, 0.4) is 0 Å². The van der Waals surface area contributed by atoms with E-state index in [1.54, 1.807) is 18.2 Å². The van der Waals surface area contributed by atoms with Crippen molar-refractivity contribution in [3.8, 4) is 0 Å². The fraction of sp³-hybridized carbons (Fsp3) is 0.435. The molecule has 1 aliphatic carbocycles. The van der Waals surface area contributed by atoms with Crippen LogP contribution in [-0.2, 0) is 27.7 Å². The summed E-state index contributed by atoms with van der Waals surface area (Å²) in [7, 11) is 0.270. The van der Waals surface area contributed by atoms with Crippen molar-refractivity contribution < 1.29 is 13.2 Å². The zero-order valence-corrected chi connectivity index (χ0v) is 19.5. The number of carbonyl (C=O) groups is 1. The lowest BCUT2D eigenvalue weighted by atomic mass is 9.97. The second-order valence-electron chi connectivity index (χ2n) is 8.51. The molecule has 0 unspecified atom stereocenters. The zero-order chi connectivity index (χ0) is 22.2. The highest BCUT2D eigenvalue weighted by molar-refractivity contribution is 7.89. The van der Waals surface area contributed by atoms with Gasteiger partial charge in [0, 0.05) is 38.1 Å². The Morgan fingerprint density at radius 1 is 1.06 bits per heavy atom. The molecule has 2 aliphatic rings. The van der Waals surface area contributed by atoms with E-state index in [1.807, 2.05) is 37.2 Å². The van der Waals surface area contributed by atoms with Crippen LogP contribution < -0.4 is 10.2 Å². The Balaban J connectivity index is 1.42. The molecule has 31 heavy (non-hydrogen) atoms. The third-order valence-electron chi connectivity index (χ3n) is 6.23. The number of halogens is 1. The van der Waals surface area contributed by atoms with Crippen LogP contribution in [0.25, 0.3) is 0 Å². The third-order valence-corrected chi connectivity index (χ3v) is 8.36. The van der Waals surface area contributed by atoms with Gasteiger partial charge in [0.1, 0.15) is 0 Å². The van der Waals surface area contributed by atoms with Gasteiger partial charge in [-0.2, -0.15) is 4.31 Å². The van der Waals surface area contributed by atoms with Crippen LogP contribution in [0.1, 0.15) is 30.4 Å². The average Bonchev–Trinajstić information content (AvgIpc) is 3.21. The molecule has 8 heteroatoms. The number of nitrogens with one attached hydrogen (secondary N) is 1. The van der Waals surface area contributed by atoms with Crippen LogP contribution in [0.2, 0.25) is 5.02 Å². The lowest BCUT2D eigenvalue weighted by molar-refractivity contribution is -0.120. The standard InChI is InChI=1S/C23H28ClN3O3S/c1-26(2)22-9-7-19(24)15-21(22)25-23(28)17-10-12-27(13-11-17)31(29,30)20-8-6-16-4-3-5-18(16)14-20/h6-9,14-15,17H,3-5,10-13H2,1-2H3,(H,25,28). The molecule has 2 aromatic rings. The number of hydrogen-bond donors (Lipinski definition) is 1. The Morgan fingerprint density at radius 3 is 2.48 bits per heavy atom. The molecule has 1 aliphatic heterocycles. The van der Waals surface area contributed by atoms with Crippen LogP contribution in [0.15, 0.2) is 41.3 Å². The Hall–Kier alpha value is -2.09. The summed E-state index contributed by atoms with van der Waals surface area (Å²) in [6, 6.07) is 10.9. The first-order chi connectivity index (χ1) is 14.8. The minimum Gasteiger partial charge on any atom is -0.376 e. The van der Waals surface area contributed by atoms with E-state index in [0.717, 1.165) is 30.5 Å². The molecule has 1 fully saturated rings. The molecule has 1 saturated heterocycles. The van der Waals surface area contributed by atoms with E-state index in [0.29, 0.717) is 41.5 Å². The maximum atomic E-state index is 13.1. The molecule has 1 heterocycles. The molecule has 166 valence electrons. The number of sulfonamides is 1. The van der Waals surface area contributed by atoms with Gasteiger partial charge in [0.15, 0.2) is 0 Å². The molecule has 0 bridgehead atoms. The van der Waals surface area contributed by atoms with Gasteiger partial charge >= 0.3 is 0 Å². The van der Waals surface area contributed by atoms with E-state index < -0.39 is 10.0 Å². The zero-order valence-electron chi connectivity index (χ0n) is 17.9. The largest absolute Gasteiger partial charge is 0.376 e. The van der Waals surface area contributed by atoms with E-state index >= 15 is 0 Å². The maximum absolute atomic E-state index is 13.1. The number of amides is 1. The molecule has 0 saturated carbocycles. The normalized spacial score (nSPS) is 17.4. The second-order valence-corrected chi connectivity index (χ2v) is 10.9. The Labute approximate surface area is 189 Å². The predicted molar refractivity (Wildman–Crippen MR) is 124 cm³/mol. The van der Waals surface area contributed by atoms with Gasteiger partial charge in [-0.1, -0.05) is 17.7 Å². The summed E-state index contributed by atoms with van der Waals surface area (Å²) in [6.45, 7) is 0.682. The van der Waals surface area contributed by atoms with Gasteiger partial charge in [-0.25, -0.2) is 8.42 Å². The number of anilines is 2. The first kappa shape index (κ1) is 22.1. The third kappa shape index (κ3) is 4.59. The fourth-order valence-corrected chi connectivity index (χ4v) is 6.14. The molecule has 1 amide bonds. The Kier molecular flexibility index (Phi) is 6.28. The monoisotopic (exact) mass is 461 g/mol. The van der Waals surface area contributed by atoms with Gasteiger partial charge in [-0.15, -0.1) is 0 Å². The molecule has 2 aromatic carbocycles. The first-order valence-electron chi connectivity index (χ1n) is 10.7. The van der Waals surface area contributed by atoms with Crippen molar-refractivity contribution in [2.45, 2.75) is 37.0 Å². The lowest BCUT2D eigenvalue weighted by Gasteiger charge is -2.31. The van der Waals surface area contributed by atoms with Crippen molar-refractivity contribution in [3.05, 3.63) is 52.5 Å². The van der Waals surface area contributed by atoms with E-state index in [4.69, 9.17) is 11.6 Å². The van der Waals surface area contributed by atoms with E-state index in [-0.39, 0.29) is 11.8 Å². The van der Waals surface area contributed by atoms with Gasteiger partial charge in [0.2, 0.25) is 15.9 Å². The molecular weight excluding hydrogens is 434 g/mol. The summed E-state index contributed by atoms with van der Waals surface area (Å²) in [5.74, 6) is -0.333. The number of piperidine rings is 1. The fourth-order valence-electron chi connectivity index (χ4n) is 4.45. The quantitative estimate of drug-likeness (QED) is 0.732. The minimum atomic E-state index is -3.54. The highest BCUT2D eigenvalue weighted by atomic mass is 35.5. The Morgan fingerprint density at radius 2 is 1.77 bits per heavy atom. The molecule has 0 atom stereocenters. The van der Waals surface area contributed by atoms with Crippen molar-refractivity contribution in [1.82, 2.24) is 4.31 Å². The van der Waals surface area contributed by atoms with Crippen molar-refractivity contribution in [3.63, 3.8) is 0 Å². The Bertz CT molecular complexity index is 1090. The number of nitrogens with zero attached hydrogens (tertiary/aromatic N) is 2. The topological polar surface area (TPSA) is 69.7 Å². The smallest absolute Gasteiger partial charge is 0.243 e. The minimum absolute atomic E-state index is 0.0973. The van der Waals surface area contributed by atoms with Gasteiger partial charge < -0.3 is 10.2 Å². The number of carbonyl (C=O) groups excluding carboxylic acids is 1. The van der Waals surface area contributed by atoms with Crippen LogP contribution >= 0.6 is 11.6 Å². The summed E-state index contributed by atoms with van der Waals surface area (Å²) >= 11 is 6.11. The van der Waals surface area contributed by atoms with Crippen LogP contribution in [0.4, 0.5) is 11.4 Å². The number of hydrogen-bond acceptors (Lipinski definition) is 4. The molecule has 6 nitrogen and oxygen atoms in total. The van der Waals surface area contributed by atoms with Gasteiger partial charge in [0.05, 0.1) is 16.3 Å². The van der Waals surface area contributed by atoms with Crippen LogP contribution in [-0.4, -0.2) is 45.8 Å². The van der Waals surface area contributed by atoms with Crippen molar-refractivity contribution >= 4 is 38.9 Å². The number of benzene rings is 2. The summed E-state index contributed by atoms with van der Waals surface area (Å²) in [5, 5.41) is 3.53. The van der Waals surface area contributed by atoms with Gasteiger partial charge in [0.25, 0.3) is 0 Å².